The molecule has 0 amide bonds. The van der Waals surface area contributed by atoms with Gasteiger partial charge in [0.05, 0.1) is 10.4 Å². The van der Waals surface area contributed by atoms with Crippen molar-refractivity contribution in [2.24, 2.45) is 0 Å². The molecule has 3 nitrogen and oxygen atoms in total. The number of hydrogen-bond acceptors (Lipinski definition) is 2. The van der Waals surface area contributed by atoms with Crippen LogP contribution in [0.5, 0.6) is 0 Å². The van der Waals surface area contributed by atoms with Gasteiger partial charge in [-0.3, -0.25) is 0 Å². The molecule has 6 heteroatoms. The summed E-state index contributed by atoms with van der Waals surface area (Å²) in [5, 5.41) is 0.580. The van der Waals surface area contributed by atoms with Crippen molar-refractivity contribution in [1.29, 1.82) is 0 Å². The van der Waals surface area contributed by atoms with Crippen LogP contribution in [0.3, 0.4) is 0 Å². The summed E-state index contributed by atoms with van der Waals surface area (Å²) in [6.07, 6.45) is 0. The molecule has 2 aromatic rings. The van der Waals surface area contributed by atoms with E-state index in [-0.39, 0.29) is 4.90 Å². The van der Waals surface area contributed by atoms with Crippen molar-refractivity contribution >= 4 is 21.6 Å². The fourth-order valence-electron chi connectivity index (χ4n) is 1.93. The predicted molar refractivity (Wildman–Crippen MR) is 81.2 cm³/mol. The zero-order valence-electron chi connectivity index (χ0n) is 11.6. The molecule has 0 radical (unpaired) electrons. The van der Waals surface area contributed by atoms with E-state index in [0.29, 0.717) is 5.02 Å². The van der Waals surface area contributed by atoms with Crippen LogP contribution in [0.4, 0.5) is 4.39 Å². The van der Waals surface area contributed by atoms with Gasteiger partial charge in [-0.25, -0.2) is 17.5 Å². The van der Waals surface area contributed by atoms with E-state index >= 15 is 0 Å². The van der Waals surface area contributed by atoms with Crippen molar-refractivity contribution in [3.8, 4) is 0 Å². The van der Waals surface area contributed by atoms with Crippen LogP contribution in [0, 0.1) is 5.82 Å². The molecule has 0 heterocycles. The Balaban J connectivity index is 2.30. The lowest BCUT2D eigenvalue weighted by Gasteiger charge is -2.26. The Morgan fingerprint density at radius 3 is 2.05 bits per heavy atom. The van der Waals surface area contributed by atoms with Gasteiger partial charge in [0.25, 0.3) is 0 Å². The van der Waals surface area contributed by atoms with E-state index < -0.39 is 21.4 Å². The van der Waals surface area contributed by atoms with Crippen molar-refractivity contribution in [1.82, 2.24) is 4.72 Å². The molecular formula is C15H15ClFNO2S. The maximum Gasteiger partial charge on any atom is 0.241 e. The Labute approximate surface area is 128 Å². The molecule has 0 fully saturated rings. The van der Waals surface area contributed by atoms with Crippen LogP contribution in [-0.4, -0.2) is 8.42 Å². The summed E-state index contributed by atoms with van der Waals surface area (Å²) >= 11 is 5.83. The van der Waals surface area contributed by atoms with Crippen LogP contribution in [0.15, 0.2) is 53.4 Å². The average molecular weight is 328 g/mol. The maximum atomic E-state index is 12.9. The number of rotatable bonds is 4. The minimum absolute atomic E-state index is 0.0194. The first kappa shape index (κ1) is 15.9. The fourth-order valence-corrected chi connectivity index (χ4v) is 3.46. The van der Waals surface area contributed by atoms with E-state index in [0.717, 1.165) is 17.7 Å². The first-order valence-corrected chi connectivity index (χ1v) is 8.12. The third-order valence-electron chi connectivity index (χ3n) is 3.08. The van der Waals surface area contributed by atoms with Crippen LogP contribution in [0.1, 0.15) is 19.4 Å². The van der Waals surface area contributed by atoms with Crippen LogP contribution in [0.25, 0.3) is 0 Å². The Hall–Kier alpha value is -1.43. The minimum atomic E-state index is -3.74. The quantitative estimate of drug-likeness (QED) is 0.930. The van der Waals surface area contributed by atoms with Gasteiger partial charge >= 0.3 is 0 Å². The Kier molecular flexibility index (Phi) is 4.37. The number of benzene rings is 2. The van der Waals surface area contributed by atoms with Crippen molar-refractivity contribution in [2.45, 2.75) is 24.3 Å². The number of nitrogens with one attached hydrogen (secondary N) is 1. The summed E-state index contributed by atoms with van der Waals surface area (Å²) in [5.41, 5.74) is -0.0461. The lowest BCUT2D eigenvalue weighted by atomic mass is 9.96. The van der Waals surface area contributed by atoms with Gasteiger partial charge in [-0.05, 0) is 55.8 Å². The molecule has 0 aliphatic carbocycles. The van der Waals surface area contributed by atoms with Gasteiger partial charge in [0.15, 0.2) is 0 Å². The van der Waals surface area contributed by atoms with Crippen molar-refractivity contribution < 1.29 is 12.8 Å². The number of halogens is 2. The molecule has 0 aliphatic rings. The molecular weight excluding hydrogens is 313 g/mol. The molecule has 2 aromatic carbocycles. The monoisotopic (exact) mass is 327 g/mol. The Morgan fingerprint density at radius 2 is 1.52 bits per heavy atom. The van der Waals surface area contributed by atoms with Crippen LogP contribution in [-0.2, 0) is 15.6 Å². The molecule has 0 saturated carbocycles. The van der Waals surface area contributed by atoms with E-state index in [2.05, 4.69) is 4.72 Å². The maximum absolute atomic E-state index is 12.9. The molecule has 0 atom stereocenters. The van der Waals surface area contributed by atoms with E-state index in [1.54, 1.807) is 38.1 Å². The topological polar surface area (TPSA) is 46.2 Å². The highest BCUT2D eigenvalue weighted by molar-refractivity contribution is 7.89. The van der Waals surface area contributed by atoms with Gasteiger partial charge in [-0.1, -0.05) is 23.7 Å². The fraction of sp³-hybridized carbons (Fsp3) is 0.200. The molecule has 0 bridgehead atoms. The van der Waals surface area contributed by atoms with Gasteiger partial charge in [0.1, 0.15) is 5.82 Å². The number of sulfonamides is 1. The van der Waals surface area contributed by atoms with E-state index in [9.17, 15) is 12.8 Å². The summed E-state index contributed by atoms with van der Waals surface area (Å²) in [4.78, 5) is 0.0194. The smallest absolute Gasteiger partial charge is 0.207 e. The second kappa shape index (κ2) is 5.75. The lowest BCUT2D eigenvalue weighted by molar-refractivity contribution is 0.472. The standard InChI is InChI=1S/C15H15ClFNO2S/c1-15(2,11-3-5-12(16)6-4-11)18-21(19,20)14-9-7-13(17)8-10-14/h3-10,18H,1-2H3. The van der Waals surface area contributed by atoms with Crippen LogP contribution in [0.2, 0.25) is 5.02 Å². The third-order valence-corrected chi connectivity index (χ3v) is 5.00. The second-order valence-corrected chi connectivity index (χ2v) is 7.31. The van der Waals surface area contributed by atoms with Crippen LogP contribution < -0.4 is 4.72 Å². The normalized spacial score (nSPS) is 12.4. The average Bonchev–Trinajstić information content (AvgIpc) is 2.38. The molecule has 1 N–H and O–H groups in total. The highest BCUT2D eigenvalue weighted by atomic mass is 35.5. The first-order valence-electron chi connectivity index (χ1n) is 6.26. The molecule has 0 spiro atoms. The SMILES string of the molecule is CC(C)(NS(=O)(=O)c1ccc(F)cc1)c1ccc(Cl)cc1. The van der Waals surface area contributed by atoms with E-state index in [1.807, 2.05) is 0 Å². The van der Waals surface area contributed by atoms with E-state index in [1.165, 1.54) is 12.1 Å². The summed E-state index contributed by atoms with van der Waals surface area (Å²) < 4.78 is 40.2. The second-order valence-electron chi connectivity index (χ2n) is 5.19. The van der Waals surface area contributed by atoms with Gasteiger partial charge < -0.3 is 0 Å². The van der Waals surface area contributed by atoms with Crippen molar-refractivity contribution in [3.63, 3.8) is 0 Å². The van der Waals surface area contributed by atoms with Gasteiger partial charge in [-0.15, -0.1) is 0 Å². The molecule has 0 aromatic heterocycles. The van der Waals surface area contributed by atoms with Crippen LogP contribution >= 0.6 is 11.6 Å². The Morgan fingerprint density at radius 1 is 1.00 bits per heavy atom. The molecule has 0 aliphatic heterocycles. The first-order chi connectivity index (χ1) is 9.71. The lowest BCUT2D eigenvalue weighted by Crippen LogP contribution is -2.40. The largest absolute Gasteiger partial charge is 0.241 e. The van der Waals surface area contributed by atoms with Crippen molar-refractivity contribution in [2.75, 3.05) is 0 Å². The van der Waals surface area contributed by atoms with Gasteiger partial charge in [0, 0.05) is 5.02 Å². The highest BCUT2D eigenvalue weighted by Gasteiger charge is 2.27. The number of hydrogen-bond donors (Lipinski definition) is 1. The summed E-state index contributed by atoms with van der Waals surface area (Å²) in [7, 11) is -3.74. The Bertz CT molecular complexity index is 725. The molecule has 2 rings (SSSR count). The molecule has 112 valence electrons. The van der Waals surface area contributed by atoms with E-state index in [4.69, 9.17) is 11.6 Å². The summed E-state index contributed by atoms with van der Waals surface area (Å²) in [6, 6.07) is 11.6. The molecule has 0 unspecified atom stereocenters. The minimum Gasteiger partial charge on any atom is -0.207 e. The summed E-state index contributed by atoms with van der Waals surface area (Å²) in [6.45, 7) is 3.49. The van der Waals surface area contributed by atoms with Gasteiger partial charge in [-0.2, -0.15) is 0 Å². The molecule has 0 saturated heterocycles. The zero-order chi connectivity index (χ0) is 15.7. The van der Waals surface area contributed by atoms with Crippen molar-refractivity contribution in [3.05, 3.63) is 64.9 Å². The van der Waals surface area contributed by atoms with Gasteiger partial charge in [0.2, 0.25) is 10.0 Å². The predicted octanol–water partition coefficient (Wildman–Crippen LogP) is 3.69. The zero-order valence-corrected chi connectivity index (χ0v) is 13.2. The third kappa shape index (κ3) is 3.81. The summed E-state index contributed by atoms with van der Waals surface area (Å²) in [5.74, 6) is -0.481. The highest BCUT2D eigenvalue weighted by Crippen LogP contribution is 2.24. The molecule has 21 heavy (non-hydrogen) atoms.